The first kappa shape index (κ1) is 19.4. The first-order chi connectivity index (χ1) is 13.1. The summed E-state index contributed by atoms with van der Waals surface area (Å²) < 4.78 is 11.0. The zero-order valence-corrected chi connectivity index (χ0v) is 16.4. The topological polar surface area (TPSA) is 42.0 Å². The maximum Gasteiger partial charge on any atom is 0.159 e. The zero-order valence-electron chi connectivity index (χ0n) is 16.4. The number of nitrogens with zero attached hydrogens (tertiary/aromatic N) is 2. The smallest absolute Gasteiger partial charge is 0.159 e. The molecule has 0 aliphatic carbocycles. The van der Waals surface area contributed by atoms with Crippen LogP contribution in [0, 0.1) is 0 Å². The lowest BCUT2D eigenvalue weighted by molar-refractivity contribution is 0.101. The summed E-state index contributed by atoms with van der Waals surface area (Å²) in [5.41, 5.74) is 4.31. The molecular weight excluding hydrogens is 340 g/mol. The minimum absolute atomic E-state index is 0.0687. The molecule has 0 saturated carbocycles. The fourth-order valence-corrected chi connectivity index (χ4v) is 3.52. The van der Waals surface area contributed by atoms with Crippen molar-refractivity contribution in [3.05, 3.63) is 59.2 Å². The molecule has 5 nitrogen and oxygen atoms in total. The second-order valence-corrected chi connectivity index (χ2v) is 6.98. The minimum Gasteiger partial charge on any atom is -0.496 e. The van der Waals surface area contributed by atoms with Crippen molar-refractivity contribution in [2.45, 2.75) is 20.0 Å². The number of ether oxygens (including phenoxy) is 2. The van der Waals surface area contributed by atoms with Crippen molar-refractivity contribution in [3.8, 4) is 5.75 Å². The third-order valence-corrected chi connectivity index (χ3v) is 4.91. The highest BCUT2D eigenvalue weighted by molar-refractivity contribution is 5.94. The summed E-state index contributed by atoms with van der Waals surface area (Å²) in [6, 6.07) is 14.2. The van der Waals surface area contributed by atoms with Gasteiger partial charge < -0.3 is 14.4 Å². The Bertz CT molecular complexity index is 785. The summed E-state index contributed by atoms with van der Waals surface area (Å²) in [7, 11) is 3.76. The number of para-hydroxylation sites is 1. The molecule has 3 rings (SSSR count). The summed E-state index contributed by atoms with van der Waals surface area (Å²) in [6.45, 7) is 6.53. The third kappa shape index (κ3) is 4.87. The Hall–Kier alpha value is -2.37. The third-order valence-electron chi connectivity index (χ3n) is 4.91. The van der Waals surface area contributed by atoms with Crippen molar-refractivity contribution in [2.75, 3.05) is 45.4 Å². The molecule has 0 radical (unpaired) electrons. The van der Waals surface area contributed by atoms with Crippen LogP contribution in [0.1, 0.15) is 28.4 Å². The second-order valence-electron chi connectivity index (χ2n) is 6.98. The van der Waals surface area contributed by atoms with Crippen LogP contribution >= 0.6 is 0 Å². The van der Waals surface area contributed by atoms with Crippen LogP contribution in [0.4, 0.5) is 5.69 Å². The predicted molar refractivity (Wildman–Crippen MR) is 108 cm³/mol. The van der Waals surface area contributed by atoms with Crippen LogP contribution < -0.4 is 9.64 Å². The van der Waals surface area contributed by atoms with Crippen molar-refractivity contribution in [2.24, 2.45) is 0 Å². The second kappa shape index (κ2) is 9.02. The number of Topliss-reactive ketones (excluding diaryl/α,β-unsaturated/α-hetero) is 1. The number of morpholine rings is 1. The fourth-order valence-electron chi connectivity index (χ4n) is 3.52. The van der Waals surface area contributed by atoms with Crippen LogP contribution in [-0.2, 0) is 17.8 Å². The van der Waals surface area contributed by atoms with E-state index in [1.165, 1.54) is 11.3 Å². The lowest BCUT2D eigenvalue weighted by Crippen LogP contribution is -2.37. The van der Waals surface area contributed by atoms with Crippen LogP contribution in [0.25, 0.3) is 0 Å². The van der Waals surface area contributed by atoms with E-state index in [1.807, 2.05) is 18.2 Å². The predicted octanol–water partition coefficient (Wildman–Crippen LogP) is 3.37. The molecule has 0 unspecified atom stereocenters. The number of carbonyl (C=O) groups excluding carboxylic acids is 1. The van der Waals surface area contributed by atoms with Gasteiger partial charge in [0.2, 0.25) is 0 Å². The van der Waals surface area contributed by atoms with Crippen molar-refractivity contribution in [1.29, 1.82) is 0 Å². The highest BCUT2D eigenvalue weighted by Crippen LogP contribution is 2.25. The van der Waals surface area contributed by atoms with Gasteiger partial charge in [0.1, 0.15) is 5.75 Å². The minimum atomic E-state index is 0.0687. The molecule has 1 aliphatic heterocycles. The fraction of sp³-hybridized carbons (Fsp3) is 0.409. The number of benzene rings is 2. The number of ketones is 1. The molecule has 0 bridgehead atoms. The first-order valence-corrected chi connectivity index (χ1v) is 9.35. The van der Waals surface area contributed by atoms with Gasteiger partial charge in [0, 0.05) is 43.0 Å². The average Bonchev–Trinajstić information content (AvgIpc) is 2.69. The van der Waals surface area contributed by atoms with Gasteiger partial charge >= 0.3 is 0 Å². The quantitative estimate of drug-likeness (QED) is 0.701. The average molecular weight is 368 g/mol. The number of hydrogen-bond acceptors (Lipinski definition) is 5. The summed E-state index contributed by atoms with van der Waals surface area (Å²) in [6.07, 6.45) is 0. The van der Waals surface area contributed by atoms with Crippen LogP contribution in [0.5, 0.6) is 5.75 Å². The van der Waals surface area contributed by atoms with Gasteiger partial charge in [0.05, 0.1) is 20.3 Å². The van der Waals surface area contributed by atoms with Crippen LogP contribution in [0.15, 0.2) is 42.5 Å². The first-order valence-electron chi connectivity index (χ1n) is 9.35. The van der Waals surface area contributed by atoms with Crippen molar-refractivity contribution >= 4 is 11.5 Å². The van der Waals surface area contributed by atoms with E-state index in [0.717, 1.165) is 44.2 Å². The summed E-state index contributed by atoms with van der Waals surface area (Å²) in [5, 5.41) is 0. The van der Waals surface area contributed by atoms with Gasteiger partial charge in [-0.15, -0.1) is 0 Å². The zero-order chi connectivity index (χ0) is 19.2. The monoisotopic (exact) mass is 368 g/mol. The Morgan fingerprint density at radius 3 is 2.52 bits per heavy atom. The molecule has 1 heterocycles. The molecule has 1 saturated heterocycles. The van der Waals surface area contributed by atoms with E-state index in [1.54, 1.807) is 14.0 Å². The van der Waals surface area contributed by atoms with Crippen LogP contribution in [0.2, 0.25) is 0 Å². The molecule has 2 aromatic rings. The van der Waals surface area contributed by atoms with Gasteiger partial charge in [-0.2, -0.15) is 0 Å². The van der Waals surface area contributed by atoms with Crippen LogP contribution in [0.3, 0.4) is 0 Å². The molecule has 0 aromatic heterocycles. The highest BCUT2D eigenvalue weighted by atomic mass is 16.5. The molecule has 0 N–H and O–H groups in total. The standard InChI is InChI=1S/C22H28N2O3/c1-17(25)18-8-9-22(26-3)20(14-18)16-23(2)15-19-6-4-5-7-21(19)24-10-12-27-13-11-24/h4-9,14H,10-13,15-16H2,1-3H3. The molecule has 0 atom stereocenters. The maximum atomic E-state index is 11.7. The summed E-state index contributed by atoms with van der Waals surface area (Å²) in [5.74, 6) is 0.882. The van der Waals surface area contributed by atoms with E-state index in [-0.39, 0.29) is 5.78 Å². The SMILES string of the molecule is COc1ccc(C(C)=O)cc1CN(C)Cc1ccccc1N1CCOCC1. The van der Waals surface area contributed by atoms with Gasteiger partial charge in [-0.3, -0.25) is 9.69 Å². The Morgan fingerprint density at radius 1 is 1.11 bits per heavy atom. The number of rotatable bonds is 7. The van der Waals surface area contributed by atoms with Gasteiger partial charge in [0.15, 0.2) is 5.78 Å². The van der Waals surface area contributed by atoms with E-state index in [9.17, 15) is 4.79 Å². The van der Waals surface area contributed by atoms with E-state index >= 15 is 0 Å². The van der Waals surface area contributed by atoms with Crippen molar-refractivity contribution in [1.82, 2.24) is 4.90 Å². The van der Waals surface area contributed by atoms with Crippen LogP contribution in [-0.4, -0.2) is 51.1 Å². The maximum absolute atomic E-state index is 11.7. The van der Waals surface area contributed by atoms with Gasteiger partial charge in [-0.25, -0.2) is 0 Å². The Morgan fingerprint density at radius 2 is 1.81 bits per heavy atom. The Balaban J connectivity index is 1.76. The van der Waals surface area contributed by atoms with Gasteiger partial charge in [0.25, 0.3) is 0 Å². The Kier molecular flexibility index (Phi) is 6.48. The molecule has 27 heavy (non-hydrogen) atoms. The van der Waals surface area contributed by atoms with Gasteiger partial charge in [-0.1, -0.05) is 18.2 Å². The largest absolute Gasteiger partial charge is 0.496 e. The molecule has 0 amide bonds. The molecule has 1 fully saturated rings. The van der Waals surface area contributed by atoms with E-state index < -0.39 is 0 Å². The molecule has 0 spiro atoms. The lowest BCUT2D eigenvalue weighted by atomic mass is 10.1. The lowest BCUT2D eigenvalue weighted by Gasteiger charge is -2.31. The van der Waals surface area contributed by atoms with E-state index in [0.29, 0.717) is 12.1 Å². The molecule has 1 aliphatic rings. The normalized spacial score (nSPS) is 14.4. The van der Waals surface area contributed by atoms with Crippen molar-refractivity contribution < 1.29 is 14.3 Å². The number of methoxy groups -OCH3 is 1. The number of carbonyl (C=O) groups is 1. The summed E-state index contributed by atoms with van der Waals surface area (Å²) in [4.78, 5) is 16.4. The van der Waals surface area contributed by atoms with Gasteiger partial charge in [-0.05, 0) is 43.8 Å². The highest BCUT2D eigenvalue weighted by Gasteiger charge is 2.16. The number of anilines is 1. The molecule has 2 aromatic carbocycles. The number of hydrogen-bond donors (Lipinski definition) is 0. The molecular formula is C22H28N2O3. The van der Waals surface area contributed by atoms with Crippen molar-refractivity contribution in [3.63, 3.8) is 0 Å². The molecule has 5 heteroatoms. The molecule has 144 valence electrons. The van der Waals surface area contributed by atoms with E-state index in [2.05, 4.69) is 41.1 Å². The Labute approximate surface area is 161 Å². The summed E-state index contributed by atoms with van der Waals surface area (Å²) >= 11 is 0. The van der Waals surface area contributed by atoms with E-state index in [4.69, 9.17) is 9.47 Å².